The van der Waals surface area contributed by atoms with Crippen LogP contribution in [0, 0.1) is 0 Å². The first kappa shape index (κ1) is 20.6. The van der Waals surface area contributed by atoms with Gasteiger partial charge in [0.25, 0.3) is 11.8 Å². The SMILES string of the molecule is O=C1C(c2cccs2)=C(N2CCN(Cc3ccccc3)CC2)C(=O)N1Cc1ccccn1. The number of thiophene rings is 1. The Labute approximate surface area is 191 Å². The number of benzene rings is 1. The number of imide groups is 1. The fraction of sp³-hybridized carbons (Fsp3) is 0.240. The molecule has 0 saturated carbocycles. The Morgan fingerprint density at radius 1 is 0.812 bits per heavy atom. The molecule has 2 aromatic heterocycles. The molecule has 6 nitrogen and oxygen atoms in total. The van der Waals surface area contributed by atoms with Crippen molar-refractivity contribution >= 4 is 28.7 Å². The van der Waals surface area contributed by atoms with Gasteiger partial charge in [-0.05, 0) is 29.1 Å². The normalized spacial score (nSPS) is 17.5. The van der Waals surface area contributed by atoms with Crippen molar-refractivity contribution in [2.75, 3.05) is 26.2 Å². The largest absolute Gasteiger partial charge is 0.364 e. The second-order valence-corrected chi connectivity index (χ2v) is 8.91. The van der Waals surface area contributed by atoms with Crippen LogP contribution < -0.4 is 0 Å². The van der Waals surface area contributed by atoms with Crippen molar-refractivity contribution in [1.29, 1.82) is 0 Å². The number of carbonyl (C=O) groups is 2. The van der Waals surface area contributed by atoms with Crippen LogP contribution in [0.3, 0.4) is 0 Å². The van der Waals surface area contributed by atoms with Crippen molar-refractivity contribution in [2.45, 2.75) is 13.1 Å². The summed E-state index contributed by atoms with van der Waals surface area (Å²) >= 11 is 1.49. The second-order valence-electron chi connectivity index (χ2n) is 7.97. The highest BCUT2D eigenvalue weighted by molar-refractivity contribution is 7.11. The van der Waals surface area contributed by atoms with Gasteiger partial charge in [0.1, 0.15) is 5.70 Å². The van der Waals surface area contributed by atoms with Crippen LogP contribution >= 0.6 is 11.3 Å². The Kier molecular flexibility index (Phi) is 5.83. The minimum absolute atomic E-state index is 0.185. The zero-order valence-electron chi connectivity index (χ0n) is 17.7. The van der Waals surface area contributed by atoms with Crippen LogP contribution in [0.2, 0.25) is 0 Å². The highest BCUT2D eigenvalue weighted by atomic mass is 32.1. The van der Waals surface area contributed by atoms with Crippen LogP contribution in [0.4, 0.5) is 0 Å². The Morgan fingerprint density at radius 2 is 1.59 bits per heavy atom. The minimum atomic E-state index is -0.232. The summed E-state index contributed by atoms with van der Waals surface area (Å²) in [7, 11) is 0. The first-order valence-corrected chi connectivity index (χ1v) is 11.6. The number of amides is 2. The lowest BCUT2D eigenvalue weighted by molar-refractivity contribution is -0.138. The third-order valence-corrected chi connectivity index (χ3v) is 6.78. The van der Waals surface area contributed by atoms with Gasteiger partial charge in [-0.15, -0.1) is 11.3 Å². The molecular formula is C25H24N4O2S. The molecule has 0 radical (unpaired) electrons. The number of carbonyl (C=O) groups excluding carboxylic acids is 2. The van der Waals surface area contributed by atoms with E-state index >= 15 is 0 Å². The van der Waals surface area contributed by atoms with Crippen molar-refractivity contribution in [1.82, 2.24) is 19.7 Å². The van der Waals surface area contributed by atoms with E-state index in [-0.39, 0.29) is 18.4 Å². The van der Waals surface area contributed by atoms with Gasteiger partial charge in [-0.1, -0.05) is 42.5 Å². The third kappa shape index (κ3) is 4.09. The van der Waals surface area contributed by atoms with Crippen LogP contribution in [0.15, 0.2) is 77.9 Å². The van der Waals surface area contributed by atoms with E-state index in [0.717, 1.165) is 24.5 Å². The van der Waals surface area contributed by atoms with Crippen LogP contribution in [0.25, 0.3) is 5.57 Å². The van der Waals surface area contributed by atoms with Gasteiger partial charge in [-0.3, -0.25) is 24.4 Å². The first-order chi connectivity index (χ1) is 15.7. The summed E-state index contributed by atoms with van der Waals surface area (Å²) in [6.45, 7) is 4.20. The molecule has 0 atom stereocenters. The highest BCUT2D eigenvalue weighted by Crippen LogP contribution is 2.35. The van der Waals surface area contributed by atoms with Crippen molar-refractivity contribution < 1.29 is 9.59 Å². The van der Waals surface area contributed by atoms with Gasteiger partial charge in [-0.2, -0.15) is 0 Å². The van der Waals surface area contributed by atoms with E-state index in [1.165, 1.54) is 21.8 Å². The number of hydrogen-bond donors (Lipinski definition) is 0. The molecule has 0 bridgehead atoms. The predicted octanol–water partition coefficient (Wildman–Crippen LogP) is 3.24. The molecule has 3 aromatic rings. The fourth-order valence-corrected chi connectivity index (χ4v) is 5.03. The molecule has 1 fully saturated rings. The van der Waals surface area contributed by atoms with Gasteiger partial charge >= 0.3 is 0 Å². The van der Waals surface area contributed by atoms with Gasteiger partial charge < -0.3 is 4.90 Å². The lowest BCUT2D eigenvalue weighted by Crippen LogP contribution is -2.47. The van der Waals surface area contributed by atoms with Gasteiger partial charge in [-0.25, -0.2) is 0 Å². The maximum atomic E-state index is 13.5. The summed E-state index contributed by atoms with van der Waals surface area (Å²) in [5.74, 6) is -0.453. The molecule has 1 saturated heterocycles. The molecule has 162 valence electrons. The third-order valence-electron chi connectivity index (χ3n) is 5.89. The summed E-state index contributed by atoms with van der Waals surface area (Å²) < 4.78 is 0. The quantitative estimate of drug-likeness (QED) is 0.547. The minimum Gasteiger partial charge on any atom is -0.364 e. The van der Waals surface area contributed by atoms with Crippen LogP contribution in [0.5, 0.6) is 0 Å². The maximum absolute atomic E-state index is 13.5. The van der Waals surface area contributed by atoms with Gasteiger partial charge in [0, 0.05) is 43.8 Å². The molecule has 2 aliphatic rings. The molecule has 7 heteroatoms. The topological polar surface area (TPSA) is 56.8 Å². The van der Waals surface area contributed by atoms with Crippen LogP contribution in [-0.2, 0) is 22.7 Å². The highest BCUT2D eigenvalue weighted by Gasteiger charge is 2.42. The maximum Gasteiger partial charge on any atom is 0.278 e. The van der Waals surface area contributed by atoms with Crippen LogP contribution in [0.1, 0.15) is 16.1 Å². The Hall–Kier alpha value is -3.29. The van der Waals surface area contributed by atoms with Gasteiger partial charge in [0.15, 0.2) is 0 Å². The van der Waals surface area contributed by atoms with Crippen molar-refractivity contribution in [3.05, 3.63) is 94.1 Å². The number of piperazine rings is 1. The average molecular weight is 445 g/mol. The van der Waals surface area contributed by atoms with Crippen molar-refractivity contribution in [3.8, 4) is 0 Å². The molecule has 0 aliphatic carbocycles. The standard InChI is InChI=1S/C25H24N4O2S/c30-24-22(21-10-6-16-32-21)23(25(31)29(24)18-20-9-4-5-11-26-20)28-14-12-27(13-15-28)17-19-7-2-1-3-8-19/h1-11,16H,12-15,17-18H2. The predicted molar refractivity (Wildman–Crippen MR) is 124 cm³/mol. The van der Waals surface area contributed by atoms with E-state index in [2.05, 4.69) is 39.0 Å². The molecular weight excluding hydrogens is 420 g/mol. The first-order valence-electron chi connectivity index (χ1n) is 10.8. The molecule has 2 aliphatic heterocycles. The van der Waals surface area contributed by atoms with E-state index in [9.17, 15) is 9.59 Å². The van der Waals surface area contributed by atoms with E-state index in [0.29, 0.717) is 30.1 Å². The van der Waals surface area contributed by atoms with E-state index in [4.69, 9.17) is 0 Å². The fourth-order valence-electron chi connectivity index (χ4n) is 4.27. The summed E-state index contributed by atoms with van der Waals surface area (Å²) in [5.41, 5.74) is 3.05. The monoisotopic (exact) mass is 444 g/mol. The average Bonchev–Trinajstić information content (AvgIpc) is 3.44. The van der Waals surface area contributed by atoms with Gasteiger partial charge in [0.2, 0.25) is 0 Å². The zero-order valence-corrected chi connectivity index (χ0v) is 18.5. The molecule has 5 rings (SSSR count). The van der Waals surface area contributed by atoms with E-state index in [1.807, 2.05) is 41.8 Å². The molecule has 0 unspecified atom stereocenters. The second kappa shape index (κ2) is 9.06. The lowest BCUT2D eigenvalue weighted by atomic mass is 10.1. The Balaban J connectivity index is 1.37. The van der Waals surface area contributed by atoms with E-state index in [1.54, 1.807) is 6.20 Å². The van der Waals surface area contributed by atoms with Crippen LogP contribution in [-0.4, -0.2) is 57.7 Å². The molecule has 0 spiro atoms. The lowest BCUT2D eigenvalue weighted by Gasteiger charge is -2.36. The number of hydrogen-bond acceptors (Lipinski definition) is 6. The molecule has 0 N–H and O–H groups in total. The number of pyridine rings is 1. The van der Waals surface area contributed by atoms with Crippen molar-refractivity contribution in [3.63, 3.8) is 0 Å². The molecule has 1 aromatic carbocycles. The summed E-state index contributed by atoms with van der Waals surface area (Å²) in [5, 5.41) is 1.94. The summed E-state index contributed by atoms with van der Waals surface area (Å²) in [6, 6.07) is 19.8. The molecule has 32 heavy (non-hydrogen) atoms. The summed E-state index contributed by atoms with van der Waals surface area (Å²) in [6.07, 6.45) is 1.68. The molecule has 2 amide bonds. The van der Waals surface area contributed by atoms with E-state index < -0.39 is 0 Å². The van der Waals surface area contributed by atoms with Crippen molar-refractivity contribution in [2.24, 2.45) is 0 Å². The summed E-state index contributed by atoms with van der Waals surface area (Å²) in [4.78, 5) is 37.8. The van der Waals surface area contributed by atoms with Gasteiger partial charge in [0.05, 0.1) is 17.8 Å². The smallest absolute Gasteiger partial charge is 0.278 e. The Morgan fingerprint density at radius 3 is 2.28 bits per heavy atom. The number of aromatic nitrogens is 1. The Bertz CT molecular complexity index is 1120. The number of nitrogens with zero attached hydrogens (tertiary/aromatic N) is 4. The molecule has 4 heterocycles. The number of rotatable bonds is 6. The zero-order chi connectivity index (χ0) is 21.9.